The van der Waals surface area contributed by atoms with Crippen LogP contribution >= 0.6 is 11.6 Å². The molecule has 2 atom stereocenters. The van der Waals surface area contributed by atoms with Crippen molar-refractivity contribution in [2.45, 2.75) is 45.6 Å². The molecule has 1 saturated carbocycles. The van der Waals surface area contributed by atoms with Crippen LogP contribution in [0.25, 0.3) is 0 Å². The molecule has 4 nitrogen and oxygen atoms in total. The van der Waals surface area contributed by atoms with Crippen LogP contribution in [0.1, 0.15) is 38.2 Å². The number of rotatable bonds is 4. The number of amides is 1. The summed E-state index contributed by atoms with van der Waals surface area (Å²) in [7, 11) is 0. The minimum atomic E-state index is -0.427. The molecule has 0 aromatic heterocycles. The van der Waals surface area contributed by atoms with Gasteiger partial charge in [-0.25, -0.2) is 0 Å². The number of benzene rings is 1. The molecule has 1 amide bonds. The highest BCUT2D eigenvalue weighted by molar-refractivity contribution is 6.31. The molecule has 1 aromatic rings. The Morgan fingerprint density at radius 3 is 2.78 bits per heavy atom. The first kappa shape index (κ1) is 17.4. The van der Waals surface area contributed by atoms with E-state index >= 15 is 0 Å². The van der Waals surface area contributed by atoms with E-state index in [0.29, 0.717) is 22.7 Å². The normalized spacial score (nSPS) is 21.4. The topological polar surface area (TPSA) is 64.9 Å². The second-order valence-corrected chi connectivity index (χ2v) is 6.53. The van der Waals surface area contributed by atoms with Crippen molar-refractivity contribution in [3.05, 3.63) is 40.6 Å². The van der Waals surface area contributed by atoms with Crippen LogP contribution in [0.3, 0.4) is 0 Å². The Morgan fingerprint density at radius 1 is 1.39 bits per heavy atom. The second-order valence-electron chi connectivity index (χ2n) is 6.12. The highest BCUT2D eigenvalue weighted by Crippen LogP contribution is 2.24. The Labute approximate surface area is 142 Å². The van der Waals surface area contributed by atoms with Crippen molar-refractivity contribution in [2.75, 3.05) is 5.32 Å². The molecule has 0 radical (unpaired) electrons. The summed E-state index contributed by atoms with van der Waals surface area (Å²) in [5.74, 6) is 0.127. The quantitative estimate of drug-likeness (QED) is 0.643. The van der Waals surface area contributed by atoms with Crippen molar-refractivity contribution in [1.82, 2.24) is 5.32 Å². The van der Waals surface area contributed by atoms with Crippen molar-refractivity contribution in [3.63, 3.8) is 0 Å². The number of hydrogen-bond acceptors (Lipinski definition) is 3. The standard InChI is InChI=1S/C18H22ClN3O/c1-12-7-8-15(9-16(12)19)22-18(23)14(10-20)11-21-17-6-4-3-5-13(17)2/h7-9,11,13,17,21H,3-6H2,1-2H3,(H,22,23)/b14-11-. The Morgan fingerprint density at radius 2 is 2.13 bits per heavy atom. The Hall–Kier alpha value is -1.99. The van der Waals surface area contributed by atoms with Crippen molar-refractivity contribution in [1.29, 1.82) is 5.26 Å². The molecule has 0 saturated heterocycles. The van der Waals surface area contributed by atoms with Crippen LogP contribution in [0.2, 0.25) is 5.02 Å². The van der Waals surface area contributed by atoms with Crippen LogP contribution in [0.4, 0.5) is 5.69 Å². The van der Waals surface area contributed by atoms with Gasteiger partial charge in [0.2, 0.25) is 0 Å². The van der Waals surface area contributed by atoms with Gasteiger partial charge in [-0.2, -0.15) is 5.26 Å². The minimum absolute atomic E-state index is 0.0690. The smallest absolute Gasteiger partial charge is 0.267 e. The molecule has 122 valence electrons. The molecule has 2 N–H and O–H groups in total. The van der Waals surface area contributed by atoms with Gasteiger partial charge in [-0.1, -0.05) is 37.4 Å². The summed E-state index contributed by atoms with van der Waals surface area (Å²) in [6.45, 7) is 4.09. The summed E-state index contributed by atoms with van der Waals surface area (Å²) >= 11 is 6.05. The van der Waals surface area contributed by atoms with Crippen molar-refractivity contribution in [3.8, 4) is 6.07 Å². The number of hydrogen-bond donors (Lipinski definition) is 2. The third-order valence-corrected chi connectivity index (χ3v) is 4.76. The molecule has 0 heterocycles. The highest BCUT2D eigenvalue weighted by Gasteiger charge is 2.20. The average molecular weight is 332 g/mol. The van der Waals surface area contributed by atoms with Crippen molar-refractivity contribution >= 4 is 23.2 Å². The summed E-state index contributed by atoms with van der Waals surface area (Å²) in [6.07, 6.45) is 6.24. The first-order valence-electron chi connectivity index (χ1n) is 7.95. The van der Waals surface area contributed by atoms with Gasteiger partial charge in [0.25, 0.3) is 5.91 Å². The maximum Gasteiger partial charge on any atom is 0.267 e. The number of nitriles is 1. The summed E-state index contributed by atoms with van der Waals surface area (Å²) in [6, 6.07) is 7.56. The average Bonchev–Trinajstić information content (AvgIpc) is 2.53. The van der Waals surface area contributed by atoms with Gasteiger partial charge in [0.1, 0.15) is 11.6 Å². The van der Waals surface area contributed by atoms with E-state index in [1.54, 1.807) is 12.1 Å². The molecule has 0 spiro atoms. The lowest BCUT2D eigenvalue weighted by molar-refractivity contribution is -0.112. The van der Waals surface area contributed by atoms with E-state index in [1.165, 1.54) is 25.5 Å². The molecule has 5 heteroatoms. The van der Waals surface area contributed by atoms with Gasteiger partial charge < -0.3 is 10.6 Å². The van der Waals surface area contributed by atoms with Crippen LogP contribution in [0.5, 0.6) is 0 Å². The molecule has 2 unspecified atom stereocenters. The van der Waals surface area contributed by atoms with Crippen LogP contribution in [-0.2, 0) is 4.79 Å². The van der Waals surface area contributed by atoms with Crippen molar-refractivity contribution < 1.29 is 4.79 Å². The van der Waals surface area contributed by atoms with Gasteiger partial charge in [-0.15, -0.1) is 0 Å². The first-order chi connectivity index (χ1) is 11.0. The Balaban J connectivity index is 2.01. The van der Waals surface area contributed by atoms with Gasteiger partial charge in [-0.3, -0.25) is 4.79 Å². The fraction of sp³-hybridized carbons (Fsp3) is 0.444. The predicted molar refractivity (Wildman–Crippen MR) is 93.1 cm³/mol. The molecule has 23 heavy (non-hydrogen) atoms. The number of nitrogens with one attached hydrogen (secondary N) is 2. The maximum atomic E-state index is 12.2. The van der Waals surface area contributed by atoms with Gasteiger partial charge >= 0.3 is 0 Å². The summed E-state index contributed by atoms with van der Waals surface area (Å²) < 4.78 is 0. The molecule has 1 aliphatic rings. The van der Waals surface area contributed by atoms with E-state index < -0.39 is 5.91 Å². The van der Waals surface area contributed by atoms with E-state index in [9.17, 15) is 10.1 Å². The molecule has 1 aromatic carbocycles. The summed E-state index contributed by atoms with van der Waals surface area (Å²) in [5.41, 5.74) is 1.59. The Bertz CT molecular complexity index is 648. The lowest BCUT2D eigenvalue weighted by Crippen LogP contribution is -2.34. The fourth-order valence-electron chi connectivity index (χ4n) is 2.77. The largest absolute Gasteiger partial charge is 0.387 e. The highest BCUT2D eigenvalue weighted by atomic mass is 35.5. The lowest BCUT2D eigenvalue weighted by Gasteiger charge is -2.29. The predicted octanol–water partition coefficient (Wildman–Crippen LogP) is 4.16. The number of aryl methyl sites for hydroxylation is 1. The third kappa shape index (κ3) is 4.74. The zero-order valence-electron chi connectivity index (χ0n) is 13.5. The third-order valence-electron chi connectivity index (χ3n) is 4.35. The lowest BCUT2D eigenvalue weighted by atomic mass is 9.86. The van der Waals surface area contributed by atoms with Crippen molar-refractivity contribution in [2.24, 2.45) is 5.92 Å². The minimum Gasteiger partial charge on any atom is -0.387 e. The summed E-state index contributed by atoms with van der Waals surface area (Å²) in [5, 5.41) is 15.8. The zero-order valence-corrected chi connectivity index (χ0v) is 14.3. The van der Waals surface area contributed by atoms with Gasteiger partial charge in [0, 0.05) is 23.0 Å². The van der Waals surface area contributed by atoms with Crippen LogP contribution < -0.4 is 10.6 Å². The van der Waals surface area contributed by atoms with E-state index in [4.69, 9.17) is 11.6 Å². The van der Waals surface area contributed by atoms with E-state index in [1.807, 2.05) is 19.1 Å². The number of carbonyl (C=O) groups is 1. The zero-order chi connectivity index (χ0) is 16.8. The summed E-state index contributed by atoms with van der Waals surface area (Å²) in [4.78, 5) is 12.2. The monoisotopic (exact) mass is 331 g/mol. The van der Waals surface area contributed by atoms with Gasteiger partial charge in [-0.05, 0) is 43.4 Å². The molecule has 0 bridgehead atoms. The van der Waals surface area contributed by atoms with Crippen LogP contribution in [0.15, 0.2) is 30.0 Å². The Kier molecular flexibility index (Phi) is 6.06. The second kappa shape index (κ2) is 8.03. The molecule has 1 aliphatic carbocycles. The maximum absolute atomic E-state index is 12.2. The van der Waals surface area contributed by atoms with E-state index in [0.717, 1.165) is 12.0 Å². The number of halogens is 1. The number of anilines is 1. The van der Waals surface area contributed by atoms with E-state index in [2.05, 4.69) is 17.6 Å². The number of nitrogens with zero attached hydrogens (tertiary/aromatic N) is 1. The van der Waals surface area contributed by atoms with Gasteiger partial charge in [0.15, 0.2) is 0 Å². The molecular weight excluding hydrogens is 310 g/mol. The molecule has 2 rings (SSSR count). The van der Waals surface area contributed by atoms with Crippen LogP contribution in [-0.4, -0.2) is 11.9 Å². The molecular formula is C18H22ClN3O. The molecule has 0 aliphatic heterocycles. The SMILES string of the molecule is Cc1ccc(NC(=O)/C(C#N)=C\NC2CCCCC2C)cc1Cl. The first-order valence-corrected chi connectivity index (χ1v) is 8.33. The molecule has 1 fully saturated rings. The fourth-order valence-corrected chi connectivity index (χ4v) is 2.95. The number of carbonyl (C=O) groups excluding carboxylic acids is 1. The van der Waals surface area contributed by atoms with E-state index in [-0.39, 0.29) is 5.57 Å². The van der Waals surface area contributed by atoms with Crippen LogP contribution in [0, 0.1) is 24.2 Å². The van der Waals surface area contributed by atoms with Gasteiger partial charge in [0.05, 0.1) is 0 Å².